The molecule has 0 aliphatic heterocycles. The number of amides is 3. The van der Waals surface area contributed by atoms with Gasteiger partial charge in [0, 0.05) is 47.2 Å². The van der Waals surface area contributed by atoms with Crippen LogP contribution in [0.25, 0.3) is 0 Å². The van der Waals surface area contributed by atoms with Gasteiger partial charge < -0.3 is 15.5 Å². The lowest BCUT2D eigenvalue weighted by Crippen LogP contribution is -2.57. The number of carbonyl (C=O) groups excluding carboxylic acids is 3. The smallest absolute Gasteiger partial charge is 0.259 e. The third-order valence-corrected chi connectivity index (χ3v) is 7.83. The zero-order valence-electron chi connectivity index (χ0n) is 28.5. The summed E-state index contributed by atoms with van der Waals surface area (Å²) in [5.41, 5.74) is 9.39. The van der Waals surface area contributed by atoms with Gasteiger partial charge in [0.2, 0.25) is 11.8 Å². The second-order valence-electron chi connectivity index (χ2n) is 12.5. The summed E-state index contributed by atoms with van der Waals surface area (Å²) >= 11 is 0. The Morgan fingerprint density at radius 2 is 1.60 bits per heavy atom. The van der Waals surface area contributed by atoms with Crippen LogP contribution in [0.1, 0.15) is 52.0 Å². The molecule has 2 N–H and O–H groups in total. The first-order valence-corrected chi connectivity index (χ1v) is 15.6. The number of nitrogens with two attached hydrogens (primary N) is 1. The Morgan fingerprint density at radius 3 is 2.20 bits per heavy atom. The minimum atomic E-state index is -0.854. The third-order valence-electron chi connectivity index (χ3n) is 7.83. The normalized spacial score (nSPS) is 16.2. The van der Waals surface area contributed by atoms with Gasteiger partial charge >= 0.3 is 0 Å². The van der Waals surface area contributed by atoms with E-state index in [1.165, 1.54) is 20.9 Å². The fourth-order valence-electron chi connectivity index (χ4n) is 4.83. The molecule has 0 fully saturated rings. The Balaban J connectivity index is 2.55. The van der Waals surface area contributed by atoms with Crippen LogP contribution in [0.3, 0.4) is 0 Å². The lowest BCUT2D eigenvalue weighted by Gasteiger charge is -2.37. The maximum atomic E-state index is 14.5. The minimum Gasteiger partial charge on any atom is -0.332 e. The summed E-state index contributed by atoms with van der Waals surface area (Å²) in [6, 6.07) is 8.00. The molecule has 1 aromatic carbocycles. The minimum absolute atomic E-state index is 0.224. The molecule has 2 atom stereocenters. The number of nitrogens with zero attached hydrogens (tertiary/aromatic N) is 4. The molecule has 244 valence electrons. The van der Waals surface area contributed by atoms with Crippen molar-refractivity contribution in [1.29, 1.82) is 0 Å². The van der Waals surface area contributed by atoms with Crippen molar-refractivity contribution in [3.05, 3.63) is 108 Å². The number of carbonyl (C=O) groups is 3. The van der Waals surface area contributed by atoms with Crippen molar-refractivity contribution < 1.29 is 14.4 Å². The number of benzene rings is 1. The molecule has 0 aromatic heterocycles. The van der Waals surface area contributed by atoms with Crippen molar-refractivity contribution in [3.8, 4) is 0 Å². The quantitative estimate of drug-likeness (QED) is 0.229. The molecule has 1 aliphatic carbocycles. The Bertz CT molecular complexity index is 1330. The lowest BCUT2D eigenvalue weighted by molar-refractivity contribution is -0.154. The number of hydrogen-bond acceptors (Lipinski definition) is 5. The van der Waals surface area contributed by atoms with Crippen LogP contribution >= 0.6 is 0 Å². The second-order valence-corrected chi connectivity index (χ2v) is 12.5. The van der Waals surface area contributed by atoms with E-state index in [-0.39, 0.29) is 17.7 Å². The first-order chi connectivity index (χ1) is 21.2. The summed E-state index contributed by atoms with van der Waals surface area (Å²) in [5, 5.41) is 3.19. The number of allylic oxidation sites excluding steroid dienone is 8. The van der Waals surface area contributed by atoms with Gasteiger partial charge in [0.25, 0.3) is 5.91 Å². The molecular formula is C37H53N5O3. The van der Waals surface area contributed by atoms with Gasteiger partial charge in [0.1, 0.15) is 12.1 Å². The number of rotatable bonds is 14. The Morgan fingerprint density at radius 1 is 0.956 bits per heavy atom. The molecule has 8 nitrogen and oxygen atoms in total. The van der Waals surface area contributed by atoms with Gasteiger partial charge in [-0.3, -0.25) is 19.4 Å². The van der Waals surface area contributed by atoms with Crippen molar-refractivity contribution in [3.63, 3.8) is 0 Å². The van der Waals surface area contributed by atoms with E-state index in [2.05, 4.69) is 25.7 Å². The van der Waals surface area contributed by atoms with Crippen molar-refractivity contribution in [2.45, 2.75) is 70.5 Å². The molecule has 0 bridgehead atoms. The van der Waals surface area contributed by atoms with E-state index in [1.807, 2.05) is 68.5 Å². The van der Waals surface area contributed by atoms with Gasteiger partial charge in [-0.1, -0.05) is 91.9 Å². The van der Waals surface area contributed by atoms with Crippen molar-refractivity contribution in [1.82, 2.24) is 19.8 Å². The molecule has 0 radical (unpaired) electrons. The van der Waals surface area contributed by atoms with E-state index < -0.39 is 17.6 Å². The van der Waals surface area contributed by atoms with Crippen molar-refractivity contribution in [2.24, 2.45) is 5.73 Å². The summed E-state index contributed by atoms with van der Waals surface area (Å²) in [7, 11) is 8.54. The molecule has 0 saturated heterocycles. The predicted octanol–water partition coefficient (Wildman–Crippen LogP) is 5.23. The zero-order chi connectivity index (χ0) is 33.7. The fourth-order valence-corrected chi connectivity index (χ4v) is 4.83. The first kappa shape index (κ1) is 37.2. The maximum Gasteiger partial charge on any atom is 0.259 e. The topological polar surface area (TPSA) is 90.2 Å². The molecule has 0 heterocycles. The summed E-state index contributed by atoms with van der Waals surface area (Å²) < 4.78 is 0. The SMILES string of the molecule is C=C1C=CCC(C[C@H](C(=O)N(C)[C@H](Cc2ccccc2)C(=O)N(C)N(C)C)N(C)C(=O)/C=C/CC(C)(C)N)=C/C1=C/C=C\CC. The van der Waals surface area contributed by atoms with Gasteiger partial charge in [-0.15, -0.1) is 0 Å². The van der Waals surface area contributed by atoms with Crippen LogP contribution in [-0.2, 0) is 20.8 Å². The van der Waals surface area contributed by atoms with Gasteiger partial charge in [-0.2, -0.15) is 0 Å². The number of hydrazine groups is 1. The zero-order valence-corrected chi connectivity index (χ0v) is 28.5. The van der Waals surface area contributed by atoms with Gasteiger partial charge in [0.05, 0.1) is 0 Å². The van der Waals surface area contributed by atoms with Crippen LogP contribution in [0.4, 0.5) is 0 Å². The maximum absolute atomic E-state index is 14.5. The van der Waals surface area contributed by atoms with E-state index in [0.29, 0.717) is 25.7 Å². The van der Waals surface area contributed by atoms with Crippen LogP contribution in [0.2, 0.25) is 0 Å². The van der Waals surface area contributed by atoms with Crippen LogP contribution in [0.5, 0.6) is 0 Å². The largest absolute Gasteiger partial charge is 0.332 e. The molecule has 0 spiro atoms. The van der Waals surface area contributed by atoms with Crippen LogP contribution < -0.4 is 5.73 Å². The van der Waals surface area contributed by atoms with E-state index in [1.54, 1.807) is 46.3 Å². The summed E-state index contributed by atoms with van der Waals surface area (Å²) in [4.78, 5) is 44.7. The van der Waals surface area contributed by atoms with Crippen LogP contribution in [0.15, 0.2) is 102 Å². The van der Waals surface area contributed by atoms with E-state index in [9.17, 15) is 14.4 Å². The first-order valence-electron chi connectivity index (χ1n) is 15.6. The summed E-state index contributed by atoms with van der Waals surface area (Å²) in [6.07, 6.45) is 18.0. The number of hydrogen-bond donors (Lipinski definition) is 1. The monoisotopic (exact) mass is 615 g/mol. The second kappa shape index (κ2) is 17.5. The summed E-state index contributed by atoms with van der Waals surface area (Å²) in [6.45, 7) is 10.1. The molecule has 2 rings (SSSR count). The predicted molar refractivity (Wildman–Crippen MR) is 185 cm³/mol. The molecule has 1 aliphatic rings. The van der Waals surface area contributed by atoms with Gasteiger partial charge in [-0.05, 0) is 62.3 Å². The highest BCUT2D eigenvalue weighted by molar-refractivity contribution is 5.95. The fraction of sp³-hybridized carbons (Fsp3) is 0.432. The molecule has 1 aromatic rings. The van der Waals surface area contributed by atoms with Crippen LogP contribution in [0, 0.1) is 0 Å². The van der Waals surface area contributed by atoms with Crippen molar-refractivity contribution in [2.75, 3.05) is 35.2 Å². The summed E-state index contributed by atoms with van der Waals surface area (Å²) in [5.74, 6) is -0.847. The Hall–Kier alpha value is -4.01. The molecular weight excluding hydrogens is 562 g/mol. The molecule has 3 amide bonds. The van der Waals surface area contributed by atoms with Gasteiger partial charge in [0.15, 0.2) is 0 Å². The van der Waals surface area contributed by atoms with E-state index in [0.717, 1.165) is 28.7 Å². The average Bonchev–Trinajstić information content (AvgIpc) is 3.17. The molecule has 0 unspecified atom stereocenters. The van der Waals surface area contributed by atoms with E-state index in [4.69, 9.17) is 5.73 Å². The lowest BCUT2D eigenvalue weighted by atomic mass is 9.97. The Labute approximate surface area is 270 Å². The average molecular weight is 616 g/mol. The highest BCUT2D eigenvalue weighted by Gasteiger charge is 2.36. The van der Waals surface area contributed by atoms with Crippen molar-refractivity contribution >= 4 is 17.7 Å². The highest BCUT2D eigenvalue weighted by atomic mass is 16.2. The van der Waals surface area contributed by atoms with Gasteiger partial charge in [-0.25, -0.2) is 5.01 Å². The standard InChI is InChI=1S/C37H53N5O3/c1-10-11-13-22-31-25-30(21-16-18-28(31)2)27-32(40(7)34(43)23-17-24-37(3,4)38)35(44)41(8)33(36(45)42(9)39(5)6)26-29-19-14-12-15-20-29/h11-20,22-23,25,32-33H,2,10,21,24,26-27,38H2,1,3-9H3/b13-11-,23-17+,31-22-/t32-,33-/m1/s1. The highest BCUT2D eigenvalue weighted by Crippen LogP contribution is 2.26. The Kier molecular flexibility index (Phi) is 14.4. The number of likely N-dealkylation sites (N-methyl/N-ethyl adjacent to an activating group) is 3. The molecule has 8 heteroatoms. The molecule has 45 heavy (non-hydrogen) atoms. The van der Waals surface area contributed by atoms with E-state index >= 15 is 0 Å². The van der Waals surface area contributed by atoms with Crippen LogP contribution in [-0.4, -0.2) is 90.4 Å². The third kappa shape index (κ3) is 11.8. The molecule has 0 saturated carbocycles.